The molecule has 2 aromatic carbocycles. The summed E-state index contributed by atoms with van der Waals surface area (Å²) in [5, 5.41) is 3.20. The number of ether oxygens (including phenoxy) is 1. The van der Waals surface area contributed by atoms with E-state index in [2.05, 4.69) is 16.2 Å². The Hall–Kier alpha value is -3.10. The van der Waals surface area contributed by atoms with Crippen LogP contribution in [0, 0.1) is 0 Å². The normalized spacial score (nSPS) is 10.0. The van der Waals surface area contributed by atoms with E-state index in [-0.39, 0.29) is 23.4 Å². The van der Waals surface area contributed by atoms with Crippen LogP contribution in [0.25, 0.3) is 0 Å². The maximum atomic E-state index is 11.9. The minimum absolute atomic E-state index is 0.194. The highest BCUT2D eigenvalue weighted by Gasteiger charge is 2.13. The Labute approximate surface area is 176 Å². The molecule has 0 aliphatic carbocycles. The van der Waals surface area contributed by atoms with Gasteiger partial charge in [-0.15, -0.1) is 0 Å². The van der Waals surface area contributed by atoms with Crippen molar-refractivity contribution in [1.29, 1.82) is 0 Å². The Bertz CT molecular complexity index is 920. The average molecular weight is 438 g/mol. The number of carbonyl (C=O) groups excluding carboxylic acids is 4. The van der Waals surface area contributed by atoms with Crippen LogP contribution in [0.15, 0.2) is 48.5 Å². The van der Waals surface area contributed by atoms with Crippen molar-refractivity contribution < 1.29 is 23.9 Å². The SMILES string of the molecule is O=C(CCC(=O)OCC(=O)Nc1cccc(Cl)c1)NNC(=O)c1ccccc1Cl. The predicted octanol–water partition coefficient (Wildman–Crippen LogP) is 2.72. The van der Waals surface area contributed by atoms with E-state index in [0.29, 0.717) is 10.7 Å². The largest absolute Gasteiger partial charge is 0.456 e. The van der Waals surface area contributed by atoms with Crippen LogP contribution in [0.1, 0.15) is 23.2 Å². The molecule has 0 unspecified atom stereocenters. The summed E-state index contributed by atoms with van der Waals surface area (Å²) in [7, 11) is 0. The third kappa shape index (κ3) is 7.81. The van der Waals surface area contributed by atoms with E-state index in [1.165, 1.54) is 12.1 Å². The molecule has 0 aliphatic heterocycles. The van der Waals surface area contributed by atoms with Crippen LogP contribution in [-0.4, -0.2) is 30.3 Å². The Balaban J connectivity index is 1.65. The monoisotopic (exact) mass is 437 g/mol. The molecule has 29 heavy (non-hydrogen) atoms. The minimum atomic E-state index is -0.737. The quantitative estimate of drug-likeness (QED) is 0.455. The van der Waals surface area contributed by atoms with Crippen LogP contribution in [0.4, 0.5) is 5.69 Å². The lowest BCUT2D eigenvalue weighted by Gasteiger charge is -2.09. The van der Waals surface area contributed by atoms with E-state index in [1.807, 2.05) is 0 Å². The summed E-state index contributed by atoms with van der Waals surface area (Å²) in [6.45, 7) is -0.504. The second-order valence-corrected chi connectivity index (χ2v) is 6.54. The first-order valence-corrected chi connectivity index (χ1v) is 9.15. The molecule has 0 aromatic heterocycles. The number of esters is 1. The van der Waals surface area contributed by atoms with E-state index in [4.69, 9.17) is 27.9 Å². The lowest BCUT2D eigenvalue weighted by molar-refractivity contribution is -0.148. The molecular weight excluding hydrogens is 421 g/mol. The van der Waals surface area contributed by atoms with E-state index in [0.717, 1.165) is 0 Å². The van der Waals surface area contributed by atoms with E-state index < -0.39 is 30.3 Å². The first-order valence-electron chi connectivity index (χ1n) is 8.40. The lowest BCUT2D eigenvalue weighted by Crippen LogP contribution is -2.41. The van der Waals surface area contributed by atoms with Crippen molar-refractivity contribution in [2.45, 2.75) is 12.8 Å². The summed E-state index contributed by atoms with van der Waals surface area (Å²) < 4.78 is 4.80. The Kier molecular flexibility index (Phi) is 8.45. The number of hydrazine groups is 1. The maximum absolute atomic E-state index is 11.9. The molecule has 2 aromatic rings. The fourth-order valence-corrected chi connectivity index (χ4v) is 2.51. The van der Waals surface area contributed by atoms with Crippen LogP contribution in [0.5, 0.6) is 0 Å². The molecule has 0 atom stereocenters. The van der Waals surface area contributed by atoms with Gasteiger partial charge < -0.3 is 10.1 Å². The smallest absolute Gasteiger partial charge is 0.306 e. The van der Waals surface area contributed by atoms with Gasteiger partial charge in [0.25, 0.3) is 11.8 Å². The predicted molar refractivity (Wildman–Crippen MR) is 107 cm³/mol. The highest BCUT2D eigenvalue weighted by molar-refractivity contribution is 6.33. The number of benzene rings is 2. The molecule has 0 spiro atoms. The number of hydrogen-bond acceptors (Lipinski definition) is 5. The molecular formula is C19H17Cl2N3O5. The maximum Gasteiger partial charge on any atom is 0.306 e. The molecule has 0 fully saturated rings. The molecule has 2 rings (SSSR count). The van der Waals surface area contributed by atoms with Crippen LogP contribution < -0.4 is 16.2 Å². The van der Waals surface area contributed by atoms with Crippen LogP contribution in [0.2, 0.25) is 10.0 Å². The molecule has 10 heteroatoms. The second-order valence-electron chi connectivity index (χ2n) is 5.70. The van der Waals surface area contributed by atoms with Crippen molar-refractivity contribution in [2.24, 2.45) is 0 Å². The van der Waals surface area contributed by atoms with Gasteiger partial charge in [-0.3, -0.25) is 30.0 Å². The fraction of sp³-hybridized carbons (Fsp3) is 0.158. The Morgan fingerprint density at radius 3 is 2.34 bits per heavy atom. The number of carbonyl (C=O) groups is 4. The van der Waals surface area contributed by atoms with Crippen LogP contribution in [0.3, 0.4) is 0 Å². The average Bonchev–Trinajstić information content (AvgIpc) is 2.69. The molecule has 152 valence electrons. The highest BCUT2D eigenvalue weighted by atomic mass is 35.5. The minimum Gasteiger partial charge on any atom is -0.456 e. The second kappa shape index (κ2) is 11.0. The number of nitrogens with one attached hydrogen (secondary N) is 3. The van der Waals surface area contributed by atoms with Gasteiger partial charge in [-0.25, -0.2) is 0 Å². The third-order valence-electron chi connectivity index (χ3n) is 3.46. The topological polar surface area (TPSA) is 114 Å². The Morgan fingerprint density at radius 2 is 1.62 bits per heavy atom. The van der Waals surface area contributed by atoms with Gasteiger partial charge in [0, 0.05) is 17.1 Å². The summed E-state index contributed by atoms with van der Waals surface area (Å²) in [6, 6.07) is 12.8. The first kappa shape index (κ1) is 22.2. The molecule has 0 bridgehead atoms. The summed E-state index contributed by atoms with van der Waals surface area (Å²) in [6.07, 6.45) is -0.504. The third-order valence-corrected chi connectivity index (χ3v) is 4.03. The molecule has 0 radical (unpaired) electrons. The molecule has 3 N–H and O–H groups in total. The van der Waals surface area contributed by atoms with E-state index in [1.54, 1.807) is 36.4 Å². The first-order chi connectivity index (χ1) is 13.8. The molecule has 0 saturated carbocycles. The van der Waals surface area contributed by atoms with Crippen molar-refractivity contribution in [2.75, 3.05) is 11.9 Å². The molecule has 3 amide bonds. The molecule has 0 aliphatic rings. The van der Waals surface area contributed by atoms with E-state index >= 15 is 0 Å². The van der Waals surface area contributed by atoms with Gasteiger partial charge in [0.2, 0.25) is 5.91 Å². The summed E-state index contributed by atoms with van der Waals surface area (Å²) >= 11 is 11.7. The standard InChI is InChI=1S/C19H17Cl2N3O5/c20-12-4-3-5-13(10-12)22-17(26)11-29-18(27)9-8-16(25)23-24-19(28)14-6-1-2-7-15(14)21/h1-7,10H,8-9,11H2,(H,22,26)(H,23,25)(H,24,28). The summed E-state index contributed by atoms with van der Waals surface area (Å²) in [4.78, 5) is 47.0. The van der Waals surface area contributed by atoms with Crippen molar-refractivity contribution in [3.8, 4) is 0 Å². The van der Waals surface area contributed by atoms with Gasteiger partial charge in [0.1, 0.15) is 0 Å². The summed E-state index contributed by atoms with van der Waals surface area (Å²) in [5.41, 5.74) is 5.02. The zero-order valence-corrected chi connectivity index (χ0v) is 16.5. The number of anilines is 1. The summed E-state index contributed by atoms with van der Waals surface area (Å²) in [5.74, 6) is -2.48. The van der Waals surface area contributed by atoms with Crippen molar-refractivity contribution in [1.82, 2.24) is 10.9 Å². The van der Waals surface area contributed by atoms with Crippen molar-refractivity contribution in [3.63, 3.8) is 0 Å². The number of amides is 3. The molecule has 8 nitrogen and oxygen atoms in total. The Morgan fingerprint density at radius 1 is 0.862 bits per heavy atom. The van der Waals surface area contributed by atoms with E-state index in [9.17, 15) is 19.2 Å². The van der Waals surface area contributed by atoms with Crippen LogP contribution >= 0.6 is 23.2 Å². The highest BCUT2D eigenvalue weighted by Crippen LogP contribution is 2.15. The number of rotatable bonds is 7. The molecule has 0 heterocycles. The van der Waals surface area contributed by atoms with Crippen molar-refractivity contribution in [3.05, 3.63) is 64.1 Å². The fourth-order valence-electron chi connectivity index (χ4n) is 2.10. The zero-order chi connectivity index (χ0) is 21.2. The zero-order valence-electron chi connectivity index (χ0n) is 15.0. The van der Waals surface area contributed by atoms with Gasteiger partial charge in [-0.1, -0.05) is 41.4 Å². The van der Waals surface area contributed by atoms with Gasteiger partial charge >= 0.3 is 5.97 Å². The van der Waals surface area contributed by atoms with Crippen LogP contribution in [-0.2, 0) is 19.1 Å². The lowest BCUT2D eigenvalue weighted by atomic mass is 10.2. The number of halogens is 2. The van der Waals surface area contributed by atoms with Gasteiger partial charge in [0.05, 0.1) is 17.0 Å². The number of hydrogen-bond donors (Lipinski definition) is 3. The van der Waals surface area contributed by atoms with Crippen molar-refractivity contribution >= 4 is 52.6 Å². The molecule has 0 saturated heterocycles. The van der Waals surface area contributed by atoms with Gasteiger partial charge in [-0.05, 0) is 30.3 Å². The van der Waals surface area contributed by atoms with Gasteiger partial charge in [0.15, 0.2) is 6.61 Å². The van der Waals surface area contributed by atoms with Gasteiger partial charge in [-0.2, -0.15) is 0 Å².